The highest BCUT2D eigenvalue weighted by Crippen LogP contribution is 2.31. The summed E-state index contributed by atoms with van der Waals surface area (Å²) in [5.74, 6) is -0.969. The molecule has 0 aliphatic carbocycles. The van der Waals surface area contributed by atoms with Crippen molar-refractivity contribution in [1.29, 1.82) is 0 Å². The topological polar surface area (TPSA) is 104 Å². The zero-order valence-electron chi connectivity index (χ0n) is 18.6. The van der Waals surface area contributed by atoms with Gasteiger partial charge in [0, 0.05) is 41.8 Å². The van der Waals surface area contributed by atoms with Gasteiger partial charge in [-0.2, -0.15) is 18.3 Å². The van der Waals surface area contributed by atoms with Crippen molar-refractivity contribution >= 4 is 28.2 Å². The van der Waals surface area contributed by atoms with Gasteiger partial charge in [-0.3, -0.25) is 4.79 Å². The Labute approximate surface area is 201 Å². The standard InChI is InChI=1S/C24H17F4N7O/c1-13-30-8-9-34(13)15-4-5-19(18(25)11-15)32-23(36)20-12-21(24(26,27)28)33-35(20)16-3-2-14-6-7-31-22(29)17(14)10-16/h2-12H,1H3,(H2,29,31)(H,32,36). The third-order valence-electron chi connectivity index (χ3n) is 5.56. The second-order valence-electron chi connectivity index (χ2n) is 7.89. The number of imidazole rings is 1. The molecular formula is C24H17F4N7O. The van der Waals surface area contributed by atoms with Crippen molar-refractivity contribution in [3.8, 4) is 11.4 Å². The van der Waals surface area contributed by atoms with Gasteiger partial charge < -0.3 is 15.6 Å². The van der Waals surface area contributed by atoms with Gasteiger partial charge in [-0.05, 0) is 42.6 Å². The lowest BCUT2D eigenvalue weighted by Gasteiger charge is -2.12. The molecule has 3 heterocycles. The summed E-state index contributed by atoms with van der Waals surface area (Å²) in [6, 6.07) is 10.9. The van der Waals surface area contributed by atoms with E-state index in [-0.39, 0.29) is 17.2 Å². The Bertz CT molecular complexity index is 1620. The van der Waals surface area contributed by atoms with Gasteiger partial charge in [0.05, 0.1) is 11.4 Å². The zero-order valence-corrected chi connectivity index (χ0v) is 18.6. The molecule has 0 fully saturated rings. The number of anilines is 2. The van der Waals surface area contributed by atoms with Gasteiger partial charge in [0.25, 0.3) is 5.91 Å². The van der Waals surface area contributed by atoms with Crippen LogP contribution in [0.1, 0.15) is 22.0 Å². The van der Waals surface area contributed by atoms with Crippen LogP contribution in [-0.2, 0) is 6.18 Å². The number of hydrogen-bond donors (Lipinski definition) is 2. The Morgan fingerprint density at radius 2 is 1.78 bits per heavy atom. The number of nitrogen functional groups attached to an aromatic ring is 1. The fraction of sp³-hybridized carbons (Fsp3) is 0.0833. The third-order valence-corrected chi connectivity index (χ3v) is 5.56. The van der Waals surface area contributed by atoms with Gasteiger partial charge >= 0.3 is 6.18 Å². The van der Waals surface area contributed by atoms with Crippen LogP contribution in [0.5, 0.6) is 0 Å². The number of hydrogen-bond acceptors (Lipinski definition) is 5. The molecule has 5 aromatic rings. The van der Waals surface area contributed by atoms with Crippen molar-refractivity contribution in [2.45, 2.75) is 13.1 Å². The van der Waals surface area contributed by atoms with Gasteiger partial charge in [0.2, 0.25) is 0 Å². The maximum atomic E-state index is 14.8. The first kappa shape index (κ1) is 23.0. The maximum absolute atomic E-state index is 14.8. The first-order chi connectivity index (χ1) is 17.1. The lowest BCUT2D eigenvalue weighted by atomic mass is 10.1. The molecule has 3 N–H and O–H groups in total. The van der Waals surface area contributed by atoms with Crippen LogP contribution in [-0.4, -0.2) is 30.2 Å². The quantitative estimate of drug-likeness (QED) is 0.345. The molecule has 0 spiro atoms. The normalized spacial score (nSPS) is 11.7. The second kappa shape index (κ2) is 8.48. The summed E-state index contributed by atoms with van der Waals surface area (Å²) < 4.78 is 57.7. The van der Waals surface area contributed by atoms with E-state index in [1.165, 1.54) is 30.5 Å². The van der Waals surface area contributed by atoms with E-state index in [1.807, 2.05) is 0 Å². The number of rotatable bonds is 4. The van der Waals surface area contributed by atoms with Gasteiger partial charge in [0.1, 0.15) is 23.2 Å². The highest BCUT2D eigenvalue weighted by molar-refractivity contribution is 6.04. The predicted molar refractivity (Wildman–Crippen MR) is 124 cm³/mol. The monoisotopic (exact) mass is 495 g/mol. The Morgan fingerprint density at radius 1 is 1.00 bits per heavy atom. The van der Waals surface area contributed by atoms with E-state index < -0.39 is 29.3 Å². The van der Waals surface area contributed by atoms with Crippen LogP contribution >= 0.6 is 0 Å². The number of pyridine rings is 1. The van der Waals surface area contributed by atoms with Crippen LogP contribution in [0.2, 0.25) is 0 Å². The number of nitrogens with one attached hydrogen (secondary N) is 1. The lowest BCUT2D eigenvalue weighted by Crippen LogP contribution is -2.18. The van der Waals surface area contributed by atoms with Crippen LogP contribution in [0.25, 0.3) is 22.1 Å². The third kappa shape index (κ3) is 4.13. The van der Waals surface area contributed by atoms with Gasteiger partial charge in [-0.15, -0.1) is 0 Å². The number of nitrogens with zero attached hydrogens (tertiary/aromatic N) is 5. The number of nitrogens with two attached hydrogens (primary N) is 1. The minimum absolute atomic E-state index is 0.147. The van der Waals surface area contributed by atoms with Gasteiger partial charge in [-0.1, -0.05) is 6.07 Å². The van der Waals surface area contributed by atoms with Crippen molar-refractivity contribution in [3.05, 3.63) is 90.2 Å². The van der Waals surface area contributed by atoms with Crippen LogP contribution in [0.3, 0.4) is 0 Å². The second-order valence-corrected chi connectivity index (χ2v) is 7.89. The summed E-state index contributed by atoms with van der Waals surface area (Å²) in [4.78, 5) is 21.1. The Hall–Kier alpha value is -4.74. The average molecular weight is 495 g/mol. The minimum Gasteiger partial charge on any atom is -0.383 e. The van der Waals surface area contributed by atoms with Crippen molar-refractivity contribution in [2.75, 3.05) is 11.1 Å². The number of benzene rings is 2. The molecule has 3 aromatic heterocycles. The molecule has 0 unspecified atom stereocenters. The highest BCUT2D eigenvalue weighted by atomic mass is 19.4. The number of aromatic nitrogens is 5. The molecule has 0 aliphatic heterocycles. The molecule has 0 atom stereocenters. The van der Waals surface area contributed by atoms with E-state index in [4.69, 9.17) is 5.73 Å². The molecule has 0 bridgehead atoms. The van der Waals surface area contributed by atoms with Crippen LogP contribution in [0, 0.1) is 12.7 Å². The first-order valence-corrected chi connectivity index (χ1v) is 10.5. The van der Waals surface area contributed by atoms with Crippen LogP contribution in [0.15, 0.2) is 67.1 Å². The predicted octanol–water partition coefficient (Wildman–Crippen LogP) is 4.91. The smallest absolute Gasteiger partial charge is 0.383 e. The molecule has 0 saturated heterocycles. The van der Waals surface area contributed by atoms with Crippen molar-refractivity contribution in [2.24, 2.45) is 0 Å². The van der Waals surface area contributed by atoms with E-state index in [9.17, 15) is 22.4 Å². The number of aryl methyl sites for hydroxylation is 1. The number of halogens is 4. The molecule has 2 aromatic carbocycles. The Morgan fingerprint density at radius 3 is 2.47 bits per heavy atom. The lowest BCUT2D eigenvalue weighted by molar-refractivity contribution is -0.141. The molecule has 12 heteroatoms. The van der Waals surface area contributed by atoms with E-state index in [0.717, 1.165) is 4.68 Å². The summed E-state index contributed by atoms with van der Waals surface area (Å²) in [5.41, 5.74) is 4.58. The largest absolute Gasteiger partial charge is 0.435 e. The van der Waals surface area contributed by atoms with Crippen molar-refractivity contribution in [1.82, 2.24) is 24.3 Å². The molecule has 36 heavy (non-hydrogen) atoms. The molecule has 0 saturated carbocycles. The number of carbonyl (C=O) groups is 1. The summed E-state index contributed by atoms with van der Waals surface area (Å²) in [5, 5.41) is 7.11. The molecule has 1 amide bonds. The fourth-order valence-electron chi connectivity index (χ4n) is 3.78. The van der Waals surface area contributed by atoms with Crippen molar-refractivity contribution in [3.63, 3.8) is 0 Å². The summed E-state index contributed by atoms with van der Waals surface area (Å²) in [6.07, 6.45) is -0.114. The molecule has 8 nitrogen and oxygen atoms in total. The van der Waals surface area contributed by atoms with E-state index in [0.29, 0.717) is 28.4 Å². The van der Waals surface area contributed by atoms with Gasteiger partial charge in [0.15, 0.2) is 5.69 Å². The summed E-state index contributed by atoms with van der Waals surface area (Å²) in [6.45, 7) is 1.74. The average Bonchev–Trinajstić information content (AvgIpc) is 3.47. The number of carbonyl (C=O) groups excluding carboxylic acids is 1. The molecule has 182 valence electrons. The summed E-state index contributed by atoms with van der Waals surface area (Å²) in [7, 11) is 0. The first-order valence-electron chi connectivity index (χ1n) is 10.5. The molecule has 0 aliphatic rings. The van der Waals surface area contributed by atoms with Gasteiger partial charge in [-0.25, -0.2) is 19.0 Å². The Balaban J connectivity index is 1.53. The summed E-state index contributed by atoms with van der Waals surface area (Å²) >= 11 is 0. The highest BCUT2D eigenvalue weighted by Gasteiger charge is 2.36. The Kier molecular flexibility index (Phi) is 5.43. The number of fused-ring (bicyclic) bond motifs is 1. The zero-order chi connectivity index (χ0) is 25.6. The van der Waals surface area contributed by atoms with Crippen molar-refractivity contribution < 1.29 is 22.4 Å². The fourth-order valence-corrected chi connectivity index (χ4v) is 3.78. The SMILES string of the molecule is Cc1nccn1-c1ccc(NC(=O)c2cc(C(F)(F)F)nn2-c2ccc3ccnc(N)c3c2)c(F)c1. The molecule has 0 radical (unpaired) electrons. The van der Waals surface area contributed by atoms with Crippen LogP contribution in [0.4, 0.5) is 29.1 Å². The van der Waals surface area contributed by atoms with E-state index >= 15 is 0 Å². The van der Waals surface area contributed by atoms with E-state index in [1.54, 1.807) is 42.1 Å². The van der Waals surface area contributed by atoms with Crippen LogP contribution < -0.4 is 11.1 Å². The maximum Gasteiger partial charge on any atom is 0.435 e. The number of alkyl halides is 3. The molecule has 5 rings (SSSR count). The van der Waals surface area contributed by atoms with E-state index in [2.05, 4.69) is 20.4 Å². The molecular weight excluding hydrogens is 478 g/mol. The number of amides is 1. The minimum atomic E-state index is -4.81.